The van der Waals surface area contributed by atoms with E-state index in [1.165, 1.54) is 48.9 Å². The molecule has 0 spiro atoms. The third-order valence-electron chi connectivity index (χ3n) is 7.38. The van der Waals surface area contributed by atoms with Crippen LogP contribution in [0.1, 0.15) is 37.7 Å². The molecule has 2 aliphatic rings. The molecule has 4 aromatic rings. The third-order valence-corrected chi connectivity index (χ3v) is 7.64. The predicted molar refractivity (Wildman–Crippen MR) is 139 cm³/mol. The van der Waals surface area contributed by atoms with E-state index in [1.54, 1.807) is 0 Å². The van der Waals surface area contributed by atoms with Crippen LogP contribution in [0.3, 0.4) is 0 Å². The van der Waals surface area contributed by atoms with Crippen molar-refractivity contribution in [3.8, 4) is 5.69 Å². The lowest BCUT2D eigenvalue weighted by Crippen LogP contribution is -2.61. The fourth-order valence-electron chi connectivity index (χ4n) is 5.61. The van der Waals surface area contributed by atoms with Gasteiger partial charge in [-0.05, 0) is 54.8 Å². The monoisotopic (exact) mass is 471 g/mol. The fourth-order valence-corrected chi connectivity index (χ4v) is 5.74. The molecule has 0 radical (unpaired) electrons. The summed E-state index contributed by atoms with van der Waals surface area (Å²) >= 11 is 6.22. The van der Waals surface area contributed by atoms with Gasteiger partial charge in [-0.3, -0.25) is 0 Å². The van der Waals surface area contributed by atoms with Crippen LogP contribution in [0.2, 0.25) is 5.02 Å². The average Bonchev–Trinajstić information content (AvgIpc) is 3.26. The first-order valence-electron chi connectivity index (χ1n) is 12.5. The highest BCUT2D eigenvalue weighted by Gasteiger charge is 2.42. The Kier molecular flexibility index (Phi) is 6.02. The summed E-state index contributed by atoms with van der Waals surface area (Å²) in [7, 11) is 0. The van der Waals surface area contributed by atoms with Gasteiger partial charge in [-0.2, -0.15) is 5.10 Å². The topological polar surface area (TPSA) is 30.3 Å². The molecule has 1 saturated heterocycles. The Morgan fingerprint density at radius 2 is 1.62 bits per heavy atom. The molecule has 1 saturated carbocycles. The quantitative estimate of drug-likeness (QED) is 0.309. The molecular weight excluding hydrogens is 442 g/mol. The molecule has 34 heavy (non-hydrogen) atoms. The van der Waals surface area contributed by atoms with E-state index in [0.717, 1.165) is 29.3 Å². The zero-order valence-electron chi connectivity index (χ0n) is 19.3. The summed E-state index contributed by atoms with van der Waals surface area (Å²) in [6.07, 6.45) is 7.44. The van der Waals surface area contributed by atoms with E-state index in [4.69, 9.17) is 21.4 Å². The molecule has 4 nitrogen and oxygen atoms in total. The molecule has 2 atom stereocenters. The van der Waals surface area contributed by atoms with Crippen LogP contribution in [-0.4, -0.2) is 34.6 Å². The van der Waals surface area contributed by atoms with Gasteiger partial charge in [-0.1, -0.05) is 73.3 Å². The van der Waals surface area contributed by atoms with Crippen LogP contribution in [0, 0.1) is 0 Å². The van der Waals surface area contributed by atoms with Gasteiger partial charge in [0.1, 0.15) is 5.82 Å². The van der Waals surface area contributed by atoms with Gasteiger partial charge in [0.15, 0.2) is 0 Å². The first-order valence-corrected chi connectivity index (χ1v) is 12.8. The first-order chi connectivity index (χ1) is 16.8. The number of nitrogens with zero attached hydrogens (tertiary/aromatic N) is 3. The highest BCUT2D eigenvalue weighted by atomic mass is 35.5. The molecule has 174 valence electrons. The normalized spacial score (nSPS) is 20.9. The minimum Gasteiger partial charge on any atom is -0.373 e. The van der Waals surface area contributed by atoms with E-state index in [1.807, 2.05) is 12.1 Å². The van der Waals surface area contributed by atoms with Gasteiger partial charge in [-0.25, -0.2) is 4.68 Å². The van der Waals surface area contributed by atoms with E-state index >= 15 is 0 Å². The van der Waals surface area contributed by atoms with Crippen LogP contribution < -0.4 is 4.90 Å². The van der Waals surface area contributed by atoms with Crippen molar-refractivity contribution in [3.05, 3.63) is 89.4 Å². The number of anilines is 1. The summed E-state index contributed by atoms with van der Waals surface area (Å²) in [6, 6.07) is 28.1. The standard InChI is InChI=1S/C29H30ClN3O/c30-22-15-17-24(18-16-22)33-29(25-13-7-8-14-26(25)31-33)32(23-11-5-2-6-12-23)27-20-34-28(27)19-21-9-3-1-4-10-21/h1,3-4,7-10,13-18,23,27-28H,2,5-6,11-12,19-20H2. The Bertz CT molecular complexity index is 1250. The van der Waals surface area contributed by atoms with Crippen molar-refractivity contribution >= 4 is 28.3 Å². The second kappa shape index (κ2) is 9.44. The van der Waals surface area contributed by atoms with Crippen LogP contribution in [0.25, 0.3) is 16.6 Å². The summed E-state index contributed by atoms with van der Waals surface area (Å²) < 4.78 is 8.33. The van der Waals surface area contributed by atoms with Crippen molar-refractivity contribution in [2.24, 2.45) is 0 Å². The van der Waals surface area contributed by atoms with Crippen LogP contribution >= 0.6 is 11.6 Å². The van der Waals surface area contributed by atoms with E-state index in [0.29, 0.717) is 12.1 Å². The molecule has 2 fully saturated rings. The van der Waals surface area contributed by atoms with E-state index in [9.17, 15) is 0 Å². The Labute approximate surface area is 206 Å². The van der Waals surface area contributed by atoms with Crippen molar-refractivity contribution < 1.29 is 4.74 Å². The minimum absolute atomic E-state index is 0.177. The minimum atomic E-state index is 0.177. The van der Waals surface area contributed by atoms with Gasteiger partial charge in [-0.15, -0.1) is 0 Å². The van der Waals surface area contributed by atoms with E-state index in [-0.39, 0.29) is 6.10 Å². The van der Waals surface area contributed by atoms with E-state index in [2.05, 4.69) is 76.3 Å². The zero-order chi connectivity index (χ0) is 22.9. The van der Waals surface area contributed by atoms with Gasteiger partial charge < -0.3 is 9.64 Å². The maximum Gasteiger partial charge on any atom is 0.141 e. The van der Waals surface area contributed by atoms with Crippen molar-refractivity contribution in [2.75, 3.05) is 11.5 Å². The van der Waals surface area contributed by atoms with Gasteiger partial charge in [0.2, 0.25) is 0 Å². The summed E-state index contributed by atoms with van der Waals surface area (Å²) in [6.45, 7) is 0.758. The number of rotatable bonds is 6. The van der Waals surface area contributed by atoms with Crippen LogP contribution in [0.5, 0.6) is 0 Å². The van der Waals surface area contributed by atoms with Gasteiger partial charge in [0.05, 0.1) is 30.0 Å². The number of benzene rings is 3. The fraction of sp³-hybridized carbons (Fsp3) is 0.345. The lowest BCUT2D eigenvalue weighted by Gasteiger charge is -2.49. The number of fused-ring (bicyclic) bond motifs is 1. The van der Waals surface area contributed by atoms with Crippen molar-refractivity contribution in [1.29, 1.82) is 0 Å². The number of hydrogen-bond acceptors (Lipinski definition) is 3. The molecule has 0 bridgehead atoms. The number of ether oxygens (including phenoxy) is 1. The summed E-state index contributed by atoms with van der Waals surface area (Å²) in [5, 5.41) is 7.01. The Balaban J connectivity index is 1.46. The Morgan fingerprint density at radius 3 is 2.35 bits per heavy atom. The molecule has 0 N–H and O–H groups in total. The van der Waals surface area contributed by atoms with Gasteiger partial charge in [0.25, 0.3) is 0 Å². The molecule has 1 aromatic heterocycles. The molecule has 1 aliphatic heterocycles. The van der Waals surface area contributed by atoms with Gasteiger partial charge >= 0.3 is 0 Å². The maximum absolute atomic E-state index is 6.22. The molecule has 0 amide bonds. The first kappa shape index (κ1) is 21.7. The zero-order valence-corrected chi connectivity index (χ0v) is 20.1. The van der Waals surface area contributed by atoms with Crippen molar-refractivity contribution in [1.82, 2.24) is 9.78 Å². The summed E-state index contributed by atoms with van der Waals surface area (Å²) in [5.74, 6) is 1.19. The number of halogens is 1. The largest absolute Gasteiger partial charge is 0.373 e. The molecular formula is C29H30ClN3O. The highest BCUT2D eigenvalue weighted by molar-refractivity contribution is 6.30. The molecule has 6 rings (SSSR count). The predicted octanol–water partition coefficient (Wildman–Crippen LogP) is 6.83. The Hall–Kier alpha value is -2.82. The van der Waals surface area contributed by atoms with Crippen molar-refractivity contribution in [3.63, 3.8) is 0 Å². The smallest absolute Gasteiger partial charge is 0.141 e. The lowest BCUT2D eigenvalue weighted by atomic mass is 9.89. The number of aromatic nitrogens is 2. The average molecular weight is 472 g/mol. The Morgan fingerprint density at radius 1 is 0.882 bits per heavy atom. The molecule has 2 heterocycles. The molecule has 2 unspecified atom stereocenters. The second-order valence-corrected chi connectivity index (χ2v) is 9.99. The van der Waals surface area contributed by atoms with Crippen LogP contribution in [0.15, 0.2) is 78.9 Å². The summed E-state index contributed by atoms with van der Waals surface area (Å²) in [5.41, 5.74) is 3.39. The van der Waals surface area contributed by atoms with Crippen LogP contribution in [0.4, 0.5) is 5.82 Å². The molecule has 3 aromatic carbocycles. The SMILES string of the molecule is Clc1ccc(-n2nc3ccccc3c2N(C2CCCCC2)C2COC2Cc2ccccc2)cc1. The lowest BCUT2D eigenvalue weighted by molar-refractivity contribution is -0.0777. The summed E-state index contributed by atoms with van der Waals surface area (Å²) in [4.78, 5) is 2.68. The second-order valence-electron chi connectivity index (χ2n) is 9.56. The van der Waals surface area contributed by atoms with Crippen molar-refractivity contribution in [2.45, 2.75) is 56.7 Å². The maximum atomic E-state index is 6.22. The highest BCUT2D eigenvalue weighted by Crippen LogP contribution is 2.39. The third kappa shape index (κ3) is 4.10. The van der Waals surface area contributed by atoms with E-state index < -0.39 is 0 Å². The number of hydrogen-bond donors (Lipinski definition) is 0. The molecule has 5 heteroatoms. The van der Waals surface area contributed by atoms with Gasteiger partial charge in [0, 0.05) is 22.9 Å². The van der Waals surface area contributed by atoms with Crippen LogP contribution in [-0.2, 0) is 11.2 Å². The molecule has 1 aliphatic carbocycles.